The first-order valence-electron chi connectivity index (χ1n) is 10.3. The van der Waals surface area contributed by atoms with Gasteiger partial charge in [0.25, 0.3) is 11.8 Å². The first-order chi connectivity index (χ1) is 14.7. The summed E-state index contributed by atoms with van der Waals surface area (Å²) in [7, 11) is 1.64. The van der Waals surface area contributed by atoms with E-state index in [2.05, 4.69) is 15.1 Å². The molecule has 4 atom stereocenters. The summed E-state index contributed by atoms with van der Waals surface area (Å²) >= 11 is 0. The number of amides is 1. The minimum atomic E-state index is -0.549. The highest BCUT2D eigenvalue weighted by molar-refractivity contribution is 6.11. The summed E-state index contributed by atoms with van der Waals surface area (Å²) in [6, 6.07) is 6.79. The van der Waals surface area contributed by atoms with Crippen LogP contribution < -0.4 is 9.80 Å². The zero-order chi connectivity index (χ0) is 20.7. The zero-order valence-electron chi connectivity index (χ0n) is 17.1. The molecule has 0 spiro atoms. The normalized spacial score (nSPS) is 26.2. The fourth-order valence-corrected chi connectivity index (χ4v) is 4.38. The molecule has 2 aromatic rings. The van der Waals surface area contributed by atoms with Gasteiger partial charge in [-0.3, -0.25) is 9.79 Å². The first kappa shape index (κ1) is 19.2. The van der Waals surface area contributed by atoms with Gasteiger partial charge in [-0.05, 0) is 25.0 Å². The Morgan fingerprint density at radius 1 is 1.30 bits per heavy atom. The topological polar surface area (TPSA) is 93.3 Å². The summed E-state index contributed by atoms with van der Waals surface area (Å²) in [6.45, 7) is 3.74. The lowest BCUT2D eigenvalue weighted by Gasteiger charge is -2.39. The monoisotopic (exact) mass is 411 g/mol. The van der Waals surface area contributed by atoms with Crippen LogP contribution in [-0.4, -0.2) is 61.4 Å². The minimum absolute atomic E-state index is 0.00668. The van der Waals surface area contributed by atoms with Gasteiger partial charge in [0.1, 0.15) is 6.04 Å². The van der Waals surface area contributed by atoms with Gasteiger partial charge in [0, 0.05) is 19.6 Å². The first-order valence-corrected chi connectivity index (χ1v) is 10.3. The van der Waals surface area contributed by atoms with Crippen LogP contribution >= 0.6 is 0 Å². The lowest BCUT2D eigenvalue weighted by molar-refractivity contribution is -0.120. The highest BCUT2D eigenvalue weighted by atomic mass is 16.5. The molecule has 5 rings (SSSR count). The molecule has 30 heavy (non-hydrogen) atoms. The lowest BCUT2D eigenvalue weighted by Crippen LogP contribution is -2.54. The van der Waals surface area contributed by atoms with Crippen molar-refractivity contribution in [3.8, 4) is 0 Å². The van der Waals surface area contributed by atoms with Gasteiger partial charge < -0.3 is 23.8 Å². The number of carbonyl (C=O) groups is 1. The van der Waals surface area contributed by atoms with Crippen molar-refractivity contribution in [3.05, 3.63) is 36.0 Å². The Balaban J connectivity index is 1.46. The quantitative estimate of drug-likeness (QED) is 0.720. The Morgan fingerprint density at radius 2 is 2.13 bits per heavy atom. The highest BCUT2D eigenvalue weighted by Crippen LogP contribution is 2.42. The third-order valence-corrected chi connectivity index (χ3v) is 5.90. The molecule has 1 saturated heterocycles. The third-order valence-electron chi connectivity index (χ3n) is 5.90. The fourth-order valence-electron chi connectivity index (χ4n) is 4.38. The van der Waals surface area contributed by atoms with E-state index < -0.39 is 12.1 Å². The Labute approximate surface area is 174 Å². The average molecular weight is 411 g/mol. The molecule has 1 amide bonds. The third kappa shape index (κ3) is 3.18. The molecule has 4 heterocycles. The predicted molar refractivity (Wildman–Crippen MR) is 110 cm³/mol. The second-order valence-electron chi connectivity index (χ2n) is 7.98. The highest BCUT2D eigenvalue weighted by Gasteiger charge is 2.48. The van der Waals surface area contributed by atoms with Gasteiger partial charge in [0.05, 0.1) is 37.0 Å². The Hall–Kier alpha value is -2.78. The summed E-state index contributed by atoms with van der Waals surface area (Å²) < 4.78 is 16.5. The molecule has 0 saturated carbocycles. The van der Waals surface area contributed by atoms with E-state index in [0.717, 1.165) is 30.8 Å². The molecule has 9 nitrogen and oxygen atoms in total. The van der Waals surface area contributed by atoms with E-state index in [4.69, 9.17) is 14.0 Å². The van der Waals surface area contributed by atoms with E-state index in [1.165, 1.54) is 0 Å². The Bertz CT molecular complexity index is 954. The molecule has 1 aromatic carbocycles. The molecular weight excluding hydrogens is 386 g/mol. The second kappa shape index (κ2) is 7.81. The van der Waals surface area contributed by atoms with E-state index in [1.807, 2.05) is 41.0 Å². The van der Waals surface area contributed by atoms with Gasteiger partial charge in [-0.25, -0.2) is 0 Å². The van der Waals surface area contributed by atoms with Crippen LogP contribution in [0.2, 0.25) is 0 Å². The van der Waals surface area contributed by atoms with Crippen molar-refractivity contribution in [1.29, 1.82) is 0 Å². The number of anilines is 2. The van der Waals surface area contributed by atoms with E-state index in [9.17, 15) is 4.79 Å². The van der Waals surface area contributed by atoms with Crippen molar-refractivity contribution >= 4 is 23.6 Å². The number of hydrogen-bond donors (Lipinski definition) is 0. The van der Waals surface area contributed by atoms with Gasteiger partial charge in [-0.2, -0.15) is 4.98 Å². The summed E-state index contributed by atoms with van der Waals surface area (Å²) in [6.07, 6.45) is 3.75. The minimum Gasteiger partial charge on any atom is -0.384 e. The number of para-hydroxylation sites is 2. The number of methoxy groups -OCH3 is 1. The zero-order valence-corrected chi connectivity index (χ0v) is 17.1. The van der Waals surface area contributed by atoms with Gasteiger partial charge >= 0.3 is 0 Å². The smallest absolute Gasteiger partial charge is 0.254 e. The number of fused-ring (bicyclic) bond motifs is 3. The summed E-state index contributed by atoms with van der Waals surface area (Å²) in [5.41, 5.74) is 1.82. The number of aliphatic imine (C=N–C) groups is 1. The average Bonchev–Trinajstić information content (AvgIpc) is 3.51. The summed E-state index contributed by atoms with van der Waals surface area (Å²) in [5, 5.41) is 4.09. The molecule has 4 unspecified atom stereocenters. The fraction of sp³-hybridized carbons (Fsp3) is 0.524. The van der Waals surface area contributed by atoms with Crippen molar-refractivity contribution in [3.63, 3.8) is 0 Å². The standard InChI is InChI=1S/C21H25N5O4/c1-13(11-28-2)19-23-20(30-24-19)17-18-21(27)25(10-14-6-5-9-29-14)15-7-3-4-8-16(15)26(18)12-22-17/h3-4,7-8,12-14,17-18H,5-6,9-11H2,1-2H3. The van der Waals surface area contributed by atoms with Crippen LogP contribution in [0.15, 0.2) is 33.8 Å². The van der Waals surface area contributed by atoms with E-state index in [1.54, 1.807) is 13.4 Å². The van der Waals surface area contributed by atoms with Crippen molar-refractivity contribution in [2.45, 2.75) is 43.9 Å². The molecule has 0 bridgehead atoms. The van der Waals surface area contributed by atoms with Crippen molar-refractivity contribution in [2.24, 2.45) is 4.99 Å². The summed E-state index contributed by atoms with van der Waals surface area (Å²) in [5.74, 6) is 0.867. The molecular formula is C21H25N5O4. The summed E-state index contributed by atoms with van der Waals surface area (Å²) in [4.78, 5) is 26.5. The molecule has 0 aliphatic carbocycles. The molecule has 158 valence electrons. The number of hydrogen-bond acceptors (Lipinski definition) is 8. The van der Waals surface area contributed by atoms with Crippen LogP contribution in [-0.2, 0) is 14.3 Å². The van der Waals surface area contributed by atoms with E-state index in [0.29, 0.717) is 24.9 Å². The molecule has 1 aromatic heterocycles. The number of aromatic nitrogens is 2. The second-order valence-corrected chi connectivity index (χ2v) is 7.98. The van der Waals surface area contributed by atoms with E-state index >= 15 is 0 Å². The number of benzene rings is 1. The maximum absolute atomic E-state index is 13.6. The van der Waals surface area contributed by atoms with Gasteiger partial charge in [-0.15, -0.1) is 0 Å². The Kier molecular flexibility index (Phi) is 5.00. The lowest BCUT2D eigenvalue weighted by atomic mass is 10.0. The molecule has 3 aliphatic heterocycles. The van der Waals surface area contributed by atoms with Gasteiger partial charge in [0.15, 0.2) is 11.9 Å². The molecule has 1 fully saturated rings. The largest absolute Gasteiger partial charge is 0.384 e. The van der Waals surface area contributed by atoms with Crippen molar-refractivity contribution in [2.75, 3.05) is 36.7 Å². The predicted octanol–water partition coefficient (Wildman–Crippen LogP) is 2.30. The van der Waals surface area contributed by atoms with Crippen LogP contribution in [0.1, 0.15) is 43.4 Å². The van der Waals surface area contributed by atoms with Crippen molar-refractivity contribution < 1.29 is 18.8 Å². The molecule has 0 radical (unpaired) electrons. The van der Waals surface area contributed by atoms with Crippen LogP contribution in [0.25, 0.3) is 0 Å². The van der Waals surface area contributed by atoms with Crippen LogP contribution in [0.4, 0.5) is 11.4 Å². The van der Waals surface area contributed by atoms with Gasteiger partial charge in [-0.1, -0.05) is 24.2 Å². The molecule has 3 aliphatic rings. The van der Waals surface area contributed by atoms with Gasteiger partial charge in [0.2, 0.25) is 0 Å². The van der Waals surface area contributed by atoms with Crippen LogP contribution in [0.3, 0.4) is 0 Å². The number of ether oxygens (including phenoxy) is 2. The number of nitrogens with zero attached hydrogens (tertiary/aromatic N) is 5. The SMILES string of the molecule is COCC(C)c1noc(C2N=CN3c4ccccc4N(CC4CCCO4)C(=O)C23)n1. The molecule has 0 N–H and O–H groups in total. The Morgan fingerprint density at radius 3 is 2.90 bits per heavy atom. The molecule has 9 heteroatoms. The maximum atomic E-state index is 13.6. The maximum Gasteiger partial charge on any atom is 0.254 e. The van der Waals surface area contributed by atoms with Crippen molar-refractivity contribution in [1.82, 2.24) is 10.1 Å². The number of carbonyl (C=O) groups excluding carboxylic acids is 1. The van der Waals surface area contributed by atoms with Crippen LogP contribution in [0.5, 0.6) is 0 Å². The van der Waals surface area contributed by atoms with Crippen LogP contribution in [0, 0.1) is 0 Å². The number of rotatable bonds is 6. The van der Waals surface area contributed by atoms with E-state index in [-0.39, 0.29) is 17.9 Å².